The van der Waals surface area contributed by atoms with Crippen LogP contribution in [-0.4, -0.2) is 17.5 Å². The third-order valence-electron chi connectivity index (χ3n) is 5.54. The molecule has 32 heavy (non-hydrogen) atoms. The fourth-order valence-corrected chi connectivity index (χ4v) is 4.14. The Morgan fingerprint density at radius 3 is 2.59 bits per heavy atom. The maximum Gasteiger partial charge on any atom is 0.291 e. The fraction of sp³-hybridized carbons (Fsp3) is 0.240. The number of carbonyl (C=O) groups is 2. The van der Waals surface area contributed by atoms with E-state index in [1.54, 1.807) is 24.3 Å². The van der Waals surface area contributed by atoms with Crippen molar-refractivity contribution in [3.8, 4) is 0 Å². The van der Waals surface area contributed by atoms with E-state index < -0.39 is 0 Å². The number of hydrazone groups is 1. The van der Waals surface area contributed by atoms with Crippen molar-refractivity contribution in [3.05, 3.63) is 86.8 Å². The zero-order valence-corrected chi connectivity index (χ0v) is 19.0. The van der Waals surface area contributed by atoms with Gasteiger partial charge in [0.25, 0.3) is 11.8 Å². The van der Waals surface area contributed by atoms with Crippen molar-refractivity contribution in [1.82, 2.24) is 5.43 Å². The van der Waals surface area contributed by atoms with E-state index >= 15 is 0 Å². The van der Waals surface area contributed by atoms with Crippen molar-refractivity contribution in [2.45, 2.75) is 40.0 Å². The number of anilines is 1. The van der Waals surface area contributed by atoms with Crippen LogP contribution >= 0.6 is 11.6 Å². The van der Waals surface area contributed by atoms with E-state index in [0.717, 1.165) is 34.6 Å². The molecule has 0 atom stereocenters. The van der Waals surface area contributed by atoms with Crippen LogP contribution in [-0.2, 0) is 6.42 Å². The zero-order chi connectivity index (χ0) is 22.8. The van der Waals surface area contributed by atoms with E-state index in [2.05, 4.69) is 15.8 Å². The number of furan rings is 1. The first kappa shape index (κ1) is 21.8. The molecule has 6 nitrogen and oxygen atoms in total. The van der Waals surface area contributed by atoms with Gasteiger partial charge in [0, 0.05) is 33.8 Å². The van der Waals surface area contributed by atoms with Crippen LogP contribution in [0.5, 0.6) is 0 Å². The number of benzene rings is 2. The molecule has 3 aromatic rings. The van der Waals surface area contributed by atoms with Crippen LogP contribution in [0.4, 0.5) is 5.69 Å². The number of carbonyl (C=O) groups excluding carboxylic acids is 2. The number of nitrogens with zero attached hydrogens (tertiary/aromatic N) is 1. The van der Waals surface area contributed by atoms with Crippen molar-refractivity contribution in [1.29, 1.82) is 0 Å². The van der Waals surface area contributed by atoms with Gasteiger partial charge in [0.05, 0.1) is 5.71 Å². The molecule has 2 N–H and O–H groups in total. The summed E-state index contributed by atoms with van der Waals surface area (Å²) in [6.07, 6.45) is 2.24. The van der Waals surface area contributed by atoms with E-state index in [1.807, 2.05) is 39.0 Å². The van der Waals surface area contributed by atoms with E-state index in [0.29, 0.717) is 34.7 Å². The van der Waals surface area contributed by atoms with Gasteiger partial charge in [0.1, 0.15) is 5.76 Å². The van der Waals surface area contributed by atoms with E-state index in [-0.39, 0.29) is 17.6 Å². The summed E-state index contributed by atoms with van der Waals surface area (Å²) in [5.74, 6) is 0.371. The number of rotatable bonds is 4. The molecule has 0 bridgehead atoms. The highest BCUT2D eigenvalue weighted by molar-refractivity contribution is 6.30. The first-order valence-electron chi connectivity index (χ1n) is 10.5. The zero-order valence-electron chi connectivity index (χ0n) is 18.2. The maximum atomic E-state index is 12.9. The minimum atomic E-state index is -0.328. The number of halogens is 1. The Labute approximate surface area is 191 Å². The summed E-state index contributed by atoms with van der Waals surface area (Å²) >= 11 is 6.00. The summed E-state index contributed by atoms with van der Waals surface area (Å²) in [6, 6.07) is 12.6. The van der Waals surface area contributed by atoms with Crippen LogP contribution < -0.4 is 10.7 Å². The minimum absolute atomic E-state index is 0.254. The van der Waals surface area contributed by atoms with E-state index in [1.165, 1.54) is 0 Å². The van der Waals surface area contributed by atoms with Crippen molar-refractivity contribution in [2.75, 3.05) is 5.32 Å². The molecule has 2 amide bonds. The lowest BCUT2D eigenvalue weighted by Crippen LogP contribution is -2.22. The summed E-state index contributed by atoms with van der Waals surface area (Å²) in [5.41, 5.74) is 7.97. The summed E-state index contributed by atoms with van der Waals surface area (Å²) in [5, 5.41) is 7.89. The van der Waals surface area contributed by atoms with Gasteiger partial charge in [0.15, 0.2) is 5.76 Å². The molecule has 0 aliphatic heterocycles. The summed E-state index contributed by atoms with van der Waals surface area (Å²) in [4.78, 5) is 25.4. The largest absolute Gasteiger partial charge is 0.455 e. The normalized spacial score (nSPS) is 14.2. The van der Waals surface area contributed by atoms with Gasteiger partial charge < -0.3 is 9.73 Å². The Hall–Kier alpha value is -3.38. The summed E-state index contributed by atoms with van der Waals surface area (Å²) in [6.45, 7) is 5.65. The molecule has 0 spiro atoms. The molecule has 0 saturated carbocycles. The number of aryl methyl sites for hydroxylation is 3. The topological polar surface area (TPSA) is 83.7 Å². The quantitative estimate of drug-likeness (QED) is 0.510. The maximum absolute atomic E-state index is 12.9. The lowest BCUT2D eigenvalue weighted by Gasteiger charge is -2.13. The van der Waals surface area contributed by atoms with Crippen LogP contribution in [0.25, 0.3) is 0 Å². The Kier molecular flexibility index (Phi) is 6.15. The second-order valence-electron chi connectivity index (χ2n) is 7.99. The van der Waals surface area contributed by atoms with Gasteiger partial charge in [-0.1, -0.05) is 29.3 Å². The number of amides is 2. The smallest absolute Gasteiger partial charge is 0.291 e. The van der Waals surface area contributed by atoms with Crippen LogP contribution in [0.2, 0.25) is 5.02 Å². The number of nitrogens with one attached hydrogen (secondary N) is 2. The second kappa shape index (κ2) is 9.01. The molecule has 1 aromatic heterocycles. The fourth-order valence-electron chi connectivity index (χ4n) is 3.91. The van der Waals surface area contributed by atoms with Crippen LogP contribution in [0.3, 0.4) is 0 Å². The Balaban J connectivity index is 1.57. The van der Waals surface area contributed by atoms with Gasteiger partial charge in [-0.3, -0.25) is 9.59 Å². The van der Waals surface area contributed by atoms with Crippen LogP contribution in [0.1, 0.15) is 61.8 Å². The van der Waals surface area contributed by atoms with Gasteiger partial charge in [-0.2, -0.15) is 5.10 Å². The average molecular weight is 450 g/mol. The van der Waals surface area contributed by atoms with Crippen molar-refractivity contribution in [3.63, 3.8) is 0 Å². The number of fused-ring (bicyclic) bond motifs is 1. The predicted molar refractivity (Wildman–Crippen MR) is 126 cm³/mol. The first-order valence-corrected chi connectivity index (χ1v) is 10.8. The van der Waals surface area contributed by atoms with Crippen LogP contribution in [0, 0.1) is 20.8 Å². The molecule has 0 fully saturated rings. The standard InChI is InChI=1S/C25H24ClN3O3/c1-14-6-4-7-17(12-14)24(30)29-28-20-8-5-9-21-22(20)16(3)23(32-21)25(31)27-19-11-10-18(26)13-15(19)2/h4,6-7,10-13H,5,8-9H2,1-3H3,(H,27,31)(H,29,30)/b28-20+. The third kappa shape index (κ3) is 4.46. The average Bonchev–Trinajstić information content (AvgIpc) is 3.11. The van der Waals surface area contributed by atoms with Crippen molar-refractivity contribution in [2.24, 2.45) is 5.10 Å². The molecule has 7 heteroatoms. The number of hydrogen-bond donors (Lipinski definition) is 2. The Morgan fingerprint density at radius 2 is 1.84 bits per heavy atom. The summed E-state index contributed by atoms with van der Waals surface area (Å²) < 4.78 is 5.94. The van der Waals surface area contributed by atoms with Gasteiger partial charge in [-0.15, -0.1) is 0 Å². The van der Waals surface area contributed by atoms with Crippen LogP contribution in [0.15, 0.2) is 52.0 Å². The van der Waals surface area contributed by atoms with Gasteiger partial charge in [-0.25, -0.2) is 5.43 Å². The minimum Gasteiger partial charge on any atom is -0.455 e. The molecule has 0 unspecified atom stereocenters. The van der Waals surface area contributed by atoms with Crippen molar-refractivity contribution >= 4 is 34.8 Å². The van der Waals surface area contributed by atoms with E-state index in [4.69, 9.17) is 16.0 Å². The highest BCUT2D eigenvalue weighted by Crippen LogP contribution is 2.31. The van der Waals surface area contributed by atoms with Gasteiger partial charge in [0.2, 0.25) is 0 Å². The molecule has 1 heterocycles. The molecule has 1 aliphatic carbocycles. The Bertz CT molecular complexity index is 1240. The lowest BCUT2D eigenvalue weighted by atomic mass is 9.93. The SMILES string of the molecule is Cc1cccc(C(=O)N/N=C2\CCCc3oc(C(=O)Nc4ccc(Cl)cc4C)c(C)c32)c1. The van der Waals surface area contributed by atoms with Gasteiger partial charge >= 0.3 is 0 Å². The molecule has 2 aromatic carbocycles. The molecule has 1 aliphatic rings. The highest BCUT2D eigenvalue weighted by Gasteiger charge is 2.28. The third-order valence-corrected chi connectivity index (χ3v) is 5.78. The highest BCUT2D eigenvalue weighted by atomic mass is 35.5. The second-order valence-corrected chi connectivity index (χ2v) is 8.43. The first-order chi connectivity index (χ1) is 15.3. The molecule has 4 rings (SSSR count). The van der Waals surface area contributed by atoms with Gasteiger partial charge in [-0.05, 0) is 69.5 Å². The number of hydrogen-bond acceptors (Lipinski definition) is 4. The summed E-state index contributed by atoms with van der Waals surface area (Å²) in [7, 11) is 0. The molecular formula is C25H24ClN3O3. The van der Waals surface area contributed by atoms with E-state index in [9.17, 15) is 9.59 Å². The van der Waals surface area contributed by atoms with Crippen molar-refractivity contribution < 1.29 is 14.0 Å². The predicted octanol–water partition coefficient (Wildman–Crippen LogP) is 5.58. The Morgan fingerprint density at radius 1 is 1.03 bits per heavy atom. The lowest BCUT2D eigenvalue weighted by molar-refractivity contribution is 0.0953. The monoisotopic (exact) mass is 449 g/mol. The molecule has 164 valence electrons. The molecular weight excluding hydrogens is 426 g/mol. The molecule has 0 radical (unpaired) electrons. The molecule has 0 saturated heterocycles.